The van der Waals surface area contributed by atoms with Gasteiger partial charge in [-0.15, -0.1) is 0 Å². The molecule has 0 bridgehead atoms. The van der Waals surface area contributed by atoms with Crippen molar-refractivity contribution in [3.63, 3.8) is 0 Å². The Morgan fingerprint density at radius 2 is 1.29 bits per heavy atom. The minimum Gasteiger partial charge on any atom is -0.268 e. The summed E-state index contributed by atoms with van der Waals surface area (Å²) in [6, 6.07) is 0. The average molecular weight is 342 g/mol. The molecule has 2 rings (SSSR count). The normalized spacial score (nSPS) is 30.3. The molecule has 0 amide bonds. The molecular formula is C12H22O7S2. The van der Waals surface area contributed by atoms with Crippen LogP contribution in [0.5, 0.6) is 0 Å². The van der Waals surface area contributed by atoms with E-state index in [1.54, 1.807) is 0 Å². The Balaban J connectivity index is 1.44. The Hall–Kier alpha value is -0.0600. The van der Waals surface area contributed by atoms with Gasteiger partial charge in [-0.25, -0.2) is 8.37 Å². The molecule has 2 aliphatic heterocycles. The molecule has 0 spiro atoms. The number of hydrogen-bond donors (Lipinski definition) is 0. The maximum absolute atomic E-state index is 10.9. The minimum absolute atomic E-state index is 0.170. The topological polar surface area (TPSA) is 88.1 Å². The lowest BCUT2D eigenvalue weighted by Crippen LogP contribution is -2.28. The second kappa shape index (κ2) is 8.54. The van der Waals surface area contributed by atoms with Crippen molar-refractivity contribution in [1.82, 2.24) is 0 Å². The molecular weight excluding hydrogens is 320 g/mol. The molecule has 0 N–H and O–H groups in total. The summed E-state index contributed by atoms with van der Waals surface area (Å²) >= 11 is -1.55. The van der Waals surface area contributed by atoms with Crippen LogP contribution in [0.25, 0.3) is 0 Å². The fourth-order valence-electron chi connectivity index (χ4n) is 2.38. The minimum atomic E-state index is -3.72. The first-order chi connectivity index (χ1) is 10.1. The van der Waals surface area contributed by atoms with E-state index in [-0.39, 0.29) is 19.1 Å². The molecule has 0 aliphatic carbocycles. The Morgan fingerprint density at radius 1 is 0.810 bits per heavy atom. The van der Waals surface area contributed by atoms with Gasteiger partial charge in [-0.3, -0.25) is 8.37 Å². The van der Waals surface area contributed by atoms with Crippen molar-refractivity contribution in [2.75, 3.05) is 26.4 Å². The predicted octanol–water partition coefficient (Wildman–Crippen LogP) is 1.48. The maximum Gasteiger partial charge on any atom is 0.399 e. The zero-order valence-corrected chi connectivity index (χ0v) is 13.5. The number of unbranched alkanes of at least 4 members (excludes halogenated alkanes) is 3. The Kier molecular flexibility index (Phi) is 7.03. The second-order valence-corrected chi connectivity index (χ2v) is 7.64. The van der Waals surface area contributed by atoms with Crippen LogP contribution in [0, 0.1) is 11.8 Å². The quantitative estimate of drug-likeness (QED) is 0.647. The van der Waals surface area contributed by atoms with Gasteiger partial charge in [0.1, 0.15) is 0 Å². The molecule has 0 aromatic heterocycles. The smallest absolute Gasteiger partial charge is 0.268 e. The van der Waals surface area contributed by atoms with Crippen molar-refractivity contribution < 1.29 is 29.4 Å². The van der Waals surface area contributed by atoms with Crippen LogP contribution >= 0.6 is 0 Å². The summed E-state index contributed by atoms with van der Waals surface area (Å²) in [5.41, 5.74) is 0. The zero-order valence-electron chi connectivity index (χ0n) is 11.9. The van der Waals surface area contributed by atoms with Crippen molar-refractivity contribution in [2.24, 2.45) is 11.8 Å². The molecule has 0 atom stereocenters. The standard InChI is InChI=1S/C12H22O7S2/c13-20-16-7-11(8-17-20)5-3-1-2-4-6-12-9-18-21(14,15)19-10-12/h11-12H,1-10H2. The molecule has 7 nitrogen and oxygen atoms in total. The molecule has 0 aromatic carbocycles. The lowest BCUT2D eigenvalue weighted by atomic mass is 9.99. The molecule has 0 aromatic rings. The van der Waals surface area contributed by atoms with Gasteiger partial charge in [0.25, 0.3) is 0 Å². The summed E-state index contributed by atoms with van der Waals surface area (Å²) < 4.78 is 51.8. The predicted molar refractivity (Wildman–Crippen MR) is 75.6 cm³/mol. The van der Waals surface area contributed by atoms with Gasteiger partial charge in [-0.05, 0) is 12.8 Å². The summed E-state index contributed by atoms with van der Waals surface area (Å²) in [5, 5.41) is 0. The van der Waals surface area contributed by atoms with E-state index in [1.807, 2.05) is 0 Å². The van der Waals surface area contributed by atoms with Gasteiger partial charge in [-0.2, -0.15) is 12.6 Å². The Morgan fingerprint density at radius 3 is 1.81 bits per heavy atom. The summed E-state index contributed by atoms with van der Waals surface area (Å²) in [6.45, 7) is 1.49. The zero-order chi connectivity index (χ0) is 15.1. The van der Waals surface area contributed by atoms with Gasteiger partial charge in [0.15, 0.2) is 0 Å². The van der Waals surface area contributed by atoms with Crippen molar-refractivity contribution >= 4 is 21.8 Å². The lowest BCUT2D eigenvalue weighted by Gasteiger charge is -2.21. The van der Waals surface area contributed by atoms with Crippen molar-refractivity contribution in [3.05, 3.63) is 0 Å². The van der Waals surface area contributed by atoms with Crippen molar-refractivity contribution in [2.45, 2.75) is 38.5 Å². The van der Waals surface area contributed by atoms with E-state index in [2.05, 4.69) is 8.37 Å². The summed E-state index contributed by atoms with van der Waals surface area (Å²) in [6.07, 6.45) is 6.29. The molecule has 2 heterocycles. The highest BCUT2D eigenvalue weighted by Gasteiger charge is 2.24. The SMILES string of the molecule is O=S1OCC(CCCCCCC2COS(=O)(=O)OC2)CO1. The van der Waals surface area contributed by atoms with Crippen LogP contribution in [0.2, 0.25) is 0 Å². The fraction of sp³-hybridized carbons (Fsp3) is 1.00. The monoisotopic (exact) mass is 342 g/mol. The third-order valence-electron chi connectivity index (χ3n) is 3.67. The number of rotatable bonds is 7. The first-order valence-electron chi connectivity index (χ1n) is 7.27. The van der Waals surface area contributed by atoms with Crippen LogP contribution in [-0.2, 0) is 38.5 Å². The van der Waals surface area contributed by atoms with Gasteiger partial charge in [-0.1, -0.05) is 25.7 Å². The van der Waals surface area contributed by atoms with Crippen LogP contribution in [0.4, 0.5) is 0 Å². The molecule has 0 radical (unpaired) electrons. The van der Waals surface area contributed by atoms with Crippen LogP contribution < -0.4 is 0 Å². The third kappa shape index (κ3) is 6.70. The average Bonchev–Trinajstić information content (AvgIpc) is 2.46. The molecule has 0 saturated carbocycles. The van der Waals surface area contributed by atoms with E-state index in [4.69, 9.17) is 8.37 Å². The summed E-state index contributed by atoms with van der Waals surface area (Å²) in [7, 11) is -3.72. The van der Waals surface area contributed by atoms with Crippen LogP contribution in [0.3, 0.4) is 0 Å². The van der Waals surface area contributed by atoms with Gasteiger partial charge >= 0.3 is 21.8 Å². The molecule has 9 heteroatoms. The van der Waals surface area contributed by atoms with Crippen molar-refractivity contribution in [1.29, 1.82) is 0 Å². The van der Waals surface area contributed by atoms with E-state index in [0.717, 1.165) is 38.5 Å². The second-order valence-electron chi connectivity index (χ2n) is 5.47. The third-order valence-corrected chi connectivity index (χ3v) is 5.18. The lowest BCUT2D eigenvalue weighted by molar-refractivity contribution is 0.0961. The van der Waals surface area contributed by atoms with Crippen molar-refractivity contribution in [3.8, 4) is 0 Å². The molecule has 124 valence electrons. The Labute approximate surface area is 128 Å². The highest BCUT2D eigenvalue weighted by atomic mass is 32.3. The Bertz CT molecular complexity index is 413. The molecule has 2 fully saturated rings. The molecule has 0 unspecified atom stereocenters. The largest absolute Gasteiger partial charge is 0.399 e. The van der Waals surface area contributed by atoms with Crippen LogP contribution in [-0.4, -0.2) is 39.1 Å². The maximum atomic E-state index is 10.9. The molecule has 2 aliphatic rings. The number of hydrogen-bond acceptors (Lipinski definition) is 7. The highest BCUT2D eigenvalue weighted by molar-refractivity contribution is 7.81. The summed E-state index contributed by atoms with van der Waals surface area (Å²) in [5.74, 6) is 0.511. The van der Waals surface area contributed by atoms with Crippen LogP contribution in [0.15, 0.2) is 0 Å². The van der Waals surface area contributed by atoms with Gasteiger partial charge in [0, 0.05) is 11.8 Å². The fourth-order valence-corrected chi connectivity index (χ4v) is 3.84. The van der Waals surface area contributed by atoms with E-state index in [9.17, 15) is 12.6 Å². The van der Waals surface area contributed by atoms with E-state index in [1.165, 1.54) is 0 Å². The highest BCUT2D eigenvalue weighted by Crippen LogP contribution is 2.20. The van der Waals surface area contributed by atoms with Gasteiger partial charge in [0.05, 0.1) is 26.4 Å². The molecule has 2 saturated heterocycles. The van der Waals surface area contributed by atoms with Gasteiger partial charge < -0.3 is 0 Å². The van der Waals surface area contributed by atoms with Gasteiger partial charge in [0.2, 0.25) is 0 Å². The first kappa shape index (κ1) is 17.3. The summed E-state index contributed by atoms with van der Waals surface area (Å²) in [4.78, 5) is 0. The van der Waals surface area contributed by atoms with Crippen LogP contribution in [0.1, 0.15) is 38.5 Å². The van der Waals surface area contributed by atoms with E-state index in [0.29, 0.717) is 19.1 Å². The van der Waals surface area contributed by atoms with E-state index >= 15 is 0 Å². The molecule has 21 heavy (non-hydrogen) atoms. The first-order valence-corrected chi connectivity index (χ1v) is 9.60. The van der Waals surface area contributed by atoms with E-state index < -0.39 is 21.8 Å².